The van der Waals surface area contributed by atoms with Gasteiger partial charge in [0.25, 0.3) is 11.5 Å². The van der Waals surface area contributed by atoms with E-state index in [1.54, 1.807) is 12.1 Å². The van der Waals surface area contributed by atoms with Gasteiger partial charge in [0, 0.05) is 25.0 Å². The minimum atomic E-state index is -0.268. The summed E-state index contributed by atoms with van der Waals surface area (Å²) in [5.74, 6) is -0.268. The van der Waals surface area contributed by atoms with E-state index in [-0.39, 0.29) is 11.5 Å². The number of nitrogens with zero attached hydrogens (tertiary/aromatic N) is 3. The summed E-state index contributed by atoms with van der Waals surface area (Å²) in [6.07, 6.45) is 2.94. The van der Waals surface area contributed by atoms with E-state index in [9.17, 15) is 9.59 Å². The Balaban J connectivity index is 1.88. The number of nitrogens with one attached hydrogen (secondary N) is 1. The maximum absolute atomic E-state index is 13.1. The summed E-state index contributed by atoms with van der Waals surface area (Å²) >= 11 is 0. The van der Waals surface area contributed by atoms with Gasteiger partial charge in [0.2, 0.25) is 0 Å². The van der Waals surface area contributed by atoms with Gasteiger partial charge in [0.15, 0.2) is 5.69 Å². The number of aryl methyl sites for hydroxylation is 1. The van der Waals surface area contributed by atoms with Crippen LogP contribution in [-0.4, -0.2) is 34.7 Å². The van der Waals surface area contributed by atoms with Gasteiger partial charge in [-0.15, -0.1) is 0 Å². The van der Waals surface area contributed by atoms with Crippen molar-refractivity contribution in [2.45, 2.75) is 45.8 Å². The molecule has 0 aliphatic rings. The number of rotatable bonds is 9. The molecule has 3 aromatic rings. The van der Waals surface area contributed by atoms with Gasteiger partial charge in [0.05, 0.1) is 5.39 Å². The second-order valence-electron chi connectivity index (χ2n) is 7.82. The van der Waals surface area contributed by atoms with E-state index in [0.29, 0.717) is 29.6 Å². The number of fused-ring (bicyclic) bond motifs is 1. The molecule has 0 radical (unpaired) electrons. The summed E-state index contributed by atoms with van der Waals surface area (Å²) in [5, 5.41) is 8.56. The van der Waals surface area contributed by atoms with Crippen LogP contribution < -0.4 is 10.9 Å². The molecule has 6 nitrogen and oxygen atoms in total. The highest BCUT2D eigenvalue weighted by molar-refractivity contribution is 6.04. The lowest BCUT2D eigenvalue weighted by Gasteiger charge is -2.15. The van der Waals surface area contributed by atoms with Crippen LogP contribution in [0, 0.1) is 0 Å². The Labute approximate surface area is 177 Å². The molecular formula is C24H30N4O2. The van der Waals surface area contributed by atoms with Gasteiger partial charge in [-0.25, -0.2) is 4.68 Å². The second kappa shape index (κ2) is 10.2. The molecule has 1 amide bonds. The molecule has 3 rings (SSSR count). The number of benzene rings is 2. The van der Waals surface area contributed by atoms with Gasteiger partial charge in [0.1, 0.15) is 0 Å². The van der Waals surface area contributed by atoms with Gasteiger partial charge in [-0.3, -0.25) is 9.59 Å². The topological polar surface area (TPSA) is 67.2 Å². The van der Waals surface area contributed by atoms with Crippen LogP contribution in [0.25, 0.3) is 10.8 Å². The van der Waals surface area contributed by atoms with Crippen molar-refractivity contribution in [1.29, 1.82) is 0 Å². The van der Waals surface area contributed by atoms with Crippen molar-refractivity contribution in [2.75, 3.05) is 14.1 Å². The zero-order chi connectivity index (χ0) is 21.5. The first-order valence-electron chi connectivity index (χ1n) is 10.5. The molecule has 1 heterocycles. The molecule has 0 aliphatic carbocycles. The molecule has 0 saturated carbocycles. The lowest BCUT2D eigenvalue weighted by atomic mass is 10.1. The van der Waals surface area contributed by atoms with Crippen LogP contribution in [0.15, 0.2) is 53.3 Å². The predicted octanol–water partition coefficient (Wildman–Crippen LogP) is 3.58. The van der Waals surface area contributed by atoms with E-state index in [1.165, 1.54) is 10.2 Å². The summed E-state index contributed by atoms with van der Waals surface area (Å²) in [4.78, 5) is 27.9. The Morgan fingerprint density at radius 1 is 1.00 bits per heavy atom. The summed E-state index contributed by atoms with van der Waals surface area (Å²) in [6, 6.07) is 15.3. The molecule has 0 atom stereocenters. The summed E-state index contributed by atoms with van der Waals surface area (Å²) in [5.41, 5.74) is 2.40. The van der Waals surface area contributed by atoms with Crippen LogP contribution in [0.5, 0.6) is 0 Å². The highest BCUT2D eigenvalue weighted by Crippen LogP contribution is 2.15. The third kappa shape index (κ3) is 5.13. The maximum atomic E-state index is 13.1. The Morgan fingerprint density at radius 3 is 2.37 bits per heavy atom. The first-order valence-corrected chi connectivity index (χ1v) is 10.5. The fourth-order valence-corrected chi connectivity index (χ4v) is 3.55. The van der Waals surface area contributed by atoms with E-state index in [0.717, 1.165) is 31.4 Å². The van der Waals surface area contributed by atoms with Crippen molar-refractivity contribution in [3.8, 4) is 0 Å². The lowest BCUT2D eigenvalue weighted by molar-refractivity contribution is 0.0945. The number of carbonyl (C=O) groups is 1. The van der Waals surface area contributed by atoms with Crippen molar-refractivity contribution in [3.63, 3.8) is 0 Å². The Bertz CT molecular complexity index is 1070. The van der Waals surface area contributed by atoms with E-state index in [2.05, 4.69) is 28.3 Å². The van der Waals surface area contributed by atoms with E-state index < -0.39 is 0 Å². The third-order valence-electron chi connectivity index (χ3n) is 5.10. The fraction of sp³-hybridized carbons (Fsp3) is 0.375. The number of amides is 1. The highest BCUT2D eigenvalue weighted by atomic mass is 16.2. The molecule has 6 heteroatoms. The average Bonchev–Trinajstić information content (AvgIpc) is 2.74. The van der Waals surface area contributed by atoms with Gasteiger partial charge in [-0.05, 0) is 37.7 Å². The van der Waals surface area contributed by atoms with Crippen molar-refractivity contribution in [2.24, 2.45) is 0 Å². The van der Waals surface area contributed by atoms with Gasteiger partial charge >= 0.3 is 0 Å². The molecule has 2 aromatic carbocycles. The standard InChI is InChI=1S/C24H30N4O2/c1-4-5-10-15-28-24(30)21-14-9-8-13-20(21)22(26-28)23(29)25-16-18-11-6-7-12-19(18)17-27(2)3/h6-9,11-14H,4-5,10,15-17H2,1-3H3,(H,25,29). The normalized spacial score (nSPS) is 11.2. The monoisotopic (exact) mass is 406 g/mol. The van der Waals surface area contributed by atoms with Crippen LogP contribution in [0.2, 0.25) is 0 Å². The smallest absolute Gasteiger partial charge is 0.274 e. The molecule has 0 bridgehead atoms. The zero-order valence-electron chi connectivity index (χ0n) is 18.0. The summed E-state index contributed by atoms with van der Waals surface area (Å²) < 4.78 is 1.44. The van der Waals surface area contributed by atoms with Gasteiger partial charge in [-0.1, -0.05) is 62.2 Å². The second-order valence-corrected chi connectivity index (χ2v) is 7.82. The number of carbonyl (C=O) groups excluding carboxylic acids is 1. The fourth-order valence-electron chi connectivity index (χ4n) is 3.55. The molecule has 0 fully saturated rings. The average molecular weight is 407 g/mol. The van der Waals surface area contributed by atoms with E-state index >= 15 is 0 Å². The molecular weight excluding hydrogens is 376 g/mol. The van der Waals surface area contributed by atoms with Crippen LogP contribution in [0.1, 0.15) is 47.8 Å². The third-order valence-corrected chi connectivity index (χ3v) is 5.10. The molecule has 0 spiro atoms. The molecule has 0 aliphatic heterocycles. The number of unbranched alkanes of at least 4 members (excludes halogenated alkanes) is 2. The van der Waals surface area contributed by atoms with Crippen LogP contribution >= 0.6 is 0 Å². The zero-order valence-corrected chi connectivity index (χ0v) is 18.0. The molecule has 0 saturated heterocycles. The quantitative estimate of drug-likeness (QED) is 0.552. The minimum Gasteiger partial charge on any atom is -0.347 e. The van der Waals surface area contributed by atoms with Gasteiger partial charge < -0.3 is 10.2 Å². The van der Waals surface area contributed by atoms with Crippen molar-refractivity contribution >= 4 is 16.7 Å². The number of aromatic nitrogens is 2. The SMILES string of the molecule is CCCCCn1nc(C(=O)NCc2ccccc2CN(C)C)c2ccccc2c1=O. The van der Waals surface area contributed by atoms with Crippen molar-refractivity contribution in [3.05, 3.63) is 75.7 Å². The molecule has 1 aromatic heterocycles. The summed E-state index contributed by atoms with van der Waals surface area (Å²) in [7, 11) is 4.04. The Kier molecular flexibility index (Phi) is 7.36. The Hall–Kier alpha value is -2.99. The van der Waals surface area contributed by atoms with Crippen LogP contribution in [-0.2, 0) is 19.6 Å². The maximum Gasteiger partial charge on any atom is 0.274 e. The minimum absolute atomic E-state index is 0.144. The first kappa shape index (κ1) is 21.7. The largest absolute Gasteiger partial charge is 0.347 e. The Morgan fingerprint density at radius 2 is 1.67 bits per heavy atom. The van der Waals surface area contributed by atoms with E-state index in [1.807, 2.05) is 44.4 Å². The van der Waals surface area contributed by atoms with Crippen molar-refractivity contribution < 1.29 is 4.79 Å². The molecule has 158 valence electrons. The van der Waals surface area contributed by atoms with Crippen LogP contribution in [0.4, 0.5) is 0 Å². The first-order chi connectivity index (χ1) is 14.5. The molecule has 0 unspecified atom stereocenters. The van der Waals surface area contributed by atoms with E-state index in [4.69, 9.17) is 0 Å². The predicted molar refractivity (Wildman–Crippen MR) is 121 cm³/mol. The number of hydrogen-bond acceptors (Lipinski definition) is 4. The molecule has 1 N–H and O–H groups in total. The van der Waals surface area contributed by atoms with Crippen LogP contribution in [0.3, 0.4) is 0 Å². The summed E-state index contributed by atoms with van der Waals surface area (Å²) in [6.45, 7) is 3.84. The molecule has 30 heavy (non-hydrogen) atoms. The number of hydrogen-bond donors (Lipinski definition) is 1. The van der Waals surface area contributed by atoms with Gasteiger partial charge in [-0.2, -0.15) is 5.10 Å². The lowest BCUT2D eigenvalue weighted by Crippen LogP contribution is -2.31. The highest BCUT2D eigenvalue weighted by Gasteiger charge is 2.17. The van der Waals surface area contributed by atoms with Crippen molar-refractivity contribution in [1.82, 2.24) is 20.0 Å².